The third-order valence-corrected chi connectivity index (χ3v) is 4.19. The van der Waals surface area contributed by atoms with E-state index in [0.717, 1.165) is 12.8 Å². The first-order valence-corrected chi connectivity index (χ1v) is 10.4. The van der Waals surface area contributed by atoms with Crippen LogP contribution >= 0.6 is 23.2 Å². The highest BCUT2D eigenvalue weighted by molar-refractivity contribution is 6.30. The third-order valence-electron chi connectivity index (χ3n) is 3.67. The lowest BCUT2D eigenvalue weighted by Crippen LogP contribution is -2.23. The number of carbonyl (C=O) groups excluding carboxylic acids is 2. The molecule has 29 heavy (non-hydrogen) atoms. The van der Waals surface area contributed by atoms with Gasteiger partial charge < -0.3 is 14.2 Å². The Hall–Kier alpha value is -2.16. The van der Waals surface area contributed by atoms with Gasteiger partial charge in [0.2, 0.25) is 0 Å². The summed E-state index contributed by atoms with van der Waals surface area (Å²) in [7, 11) is 0. The summed E-state index contributed by atoms with van der Waals surface area (Å²) in [6.45, 7) is 2.40. The number of carbonyl (C=O) groups is 2. The molecule has 0 bridgehead atoms. The quantitative estimate of drug-likeness (QED) is 0.145. The summed E-state index contributed by atoms with van der Waals surface area (Å²) in [6, 6.07) is 6.40. The van der Waals surface area contributed by atoms with E-state index in [9.17, 15) is 9.59 Å². The van der Waals surface area contributed by atoms with Crippen LogP contribution in [-0.2, 0) is 19.1 Å². The maximum absolute atomic E-state index is 11.7. The summed E-state index contributed by atoms with van der Waals surface area (Å²) in [6.07, 6.45) is 9.36. The Morgan fingerprint density at radius 3 is 2.48 bits per heavy atom. The van der Waals surface area contributed by atoms with E-state index in [-0.39, 0.29) is 6.61 Å². The van der Waals surface area contributed by atoms with Crippen LogP contribution < -0.4 is 4.74 Å². The van der Waals surface area contributed by atoms with Gasteiger partial charge in [-0.25, -0.2) is 9.59 Å². The zero-order chi connectivity index (χ0) is 21.3. The molecule has 5 nitrogen and oxygen atoms in total. The molecule has 0 aliphatic carbocycles. The van der Waals surface area contributed by atoms with Crippen molar-refractivity contribution in [2.24, 2.45) is 0 Å². The predicted octanol–water partition coefficient (Wildman–Crippen LogP) is 5.29. The number of unbranched alkanes of at least 4 members (excludes halogenated alkanes) is 5. The lowest BCUT2D eigenvalue weighted by molar-refractivity contribution is -0.146. The predicted molar refractivity (Wildman–Crippen MR) is 114 cm³/mol. The van der Waals surface area contributed by atoms with Gasteiger partial charge in [-0.3, -0.25) is 0 Å². The van der Waals surface area contributed by atoms with Gasteiger partial charge in [-0.2, -0.15) is 0 Å². The molecule has 1 aromatic carbocycles. The molecule has 0 N–H and O–H groups in total. The number of halogens is 2. The summed E-state index contributed by atoms with van der Waals surface area (Å²) in [5.41, 5.74) is -1.30. The molecule has 0 aromatic heterocycles. The smallest absolute Gasteiger partial charge is 0.364 e. The van der Waals surface area contributed by atoms with E-state index in [2.05, 4.69) is 18.8 Å². The molecular weight excluding hydrogens is 415 g/mol. The number of hydrogen-bond acceptors (Lipinski definition) is 5. The van der Waals surface area contributed by atoms with Crippen molar-refractivity contribution in [3.05, 3.63) is 41.4 Å². The molecule has 0 aliphatic heterocycles. The number of benzene rings is 1. The van der Waals surface area contributed by atoms with Gasteiger partial charge in [-0.05, 0) is 36.8 Å². The van der Waals surface area contributed by atoms with E-state index in [0.29, 0.717) is 17.4 Å². The van der Waals surface area contributed by atoms with Crippen molar-refractivity contribution in [3.8, 4) is 17.6 Å². The van der Waals surface area contributed by atoms with E-state index >= 15 is 0 Å². The maximum atomic E-state index is 11.7. The second-order valence-corrected chi connectivity index (χ2v) is 6.92. The highest BCUT2D eigenvalue weighted by Crippen LogP contribution is 2.18. The molecule has 1 aromatic rings. The fourth-order valence-corrected chi connectivity index (χ4v) is 2.46. The molecule has 7 heteroatoms. The van der Waals surface area contributed by atoms with E-state index < -0.39 is 17.5 Å². The minimum atomic E-state index is -1.30. The van der Waals surface area contributed by atoms with Crippen molar-refractivity contribution in [2.75, 3.05) is 13.2 Å². The van der Waals surface area contributed by atoms with Gasteiger partial charge in [0.05, 0.1) is 6.61 Å². The Balaban J connectivity index is 2.15. The van der Waals surface area contributed by atoms with Crippen LogP contribution in [0.2, 0.25) is 5.02 Å². The molecule has 158 valence electrons. The van der Waals surface area contributed by atoms with E-state index in [1.54, 1.807) is 24.3 Å². The van der Waals surface area contributed by atoms with Crippen LogP contribution in [0.3, 0.4) is 0 Å². The van der Waals surface area contributed by atoms with E-state index in [4.69, 9.17) is 37.4 Å². The van der Waals surface area contributed by atoms with Crippen molar-refractivity contribution in [3.63, 3.8) is 0 Å². The summed E-state index contributed by atoms with van der Waals surface area (Å²) in [5.74, 6) is 4.34. The number of esters is 2. The molecule has 0 fully saturated rings. The molecule has 1 atom stereocenters. The Bertz CT molecular complexity index is 704. The zero-order valence-electron chi connectivity index (χ0n) is 16.5. The van der Waals surface area contributed by atoms with Gasteiger partial charge in [0.15, 0.2) is 6.61 Å². The fourth-order valence-electron chi connectivity index (χ4n) is 2.17. The number of rotatable bonds is 12. The molecule has 0 spiro atoms. The van der Waals surface area contributed by atoms with Crippen LogP contribution in [0.25, 0.3) is 0 Å². The molecular formula is C22H26Cl2O5. The summed E-state index contributed by atoms with van der Waals surface area (Å²) < 4.78 is 15.2. The van der Waals surface area contributed by atoms with Crippen molar-refractivity contribution in [2.45, 2.75) is 51.0 Å². The maximum Gasteiger partial charge on any atom is 0.364 e. The van der Waals surface area contributed by atoms with E-state index in [1.807, 2.05) is 0 Å². The molecule has 1 rings (SSSR count). The normalized spacial score (nSPS) is 11.4. The number of allylic oxidation sites excluding steroid dienone is 1. The topological polar surface area (TPSA) is 61.8 Å². The van der Waals surface area contributed by atoms with Gasteiger partial charge in [0.25, 0.3) is 5.56 Å². The number of hydrogen-bond donors (Lipinski definition) is 0. The molecule has 0 saturated heterocycles. The van der Waals surface area contributed by atoms with Gasteiger partial charge in [-0.1, -0.05) is 74.1 Å². The average Bonchev–Trinajstić information content (AvgIpc) is 2.71. The van der Waals surface area contributed by atoms with Gasteiger partial charge >= 0.3 is 11.9 Å². The minimum absolute atomic E-state index is 0.177. The Morgan fingerprint density at radius 2 is 1.76 bits per heavy atom. The van der Waals surface area contributed by atoms with Crippen LogP contribution in [0.5, 0.6) is 5.75 Å². The first-order valence-electron chi connectivity index (χ1n) is 9.57. The number of alkyl halides is 1. The first kappa shape index (κ1) is 24.9. The fraction of sp³-hybridized carbons (Fsp3) is 0.455. The van der Waals surface area contributed by atoms with Crippen LogP contribution in [0.4, 0.5) is 0 Å². The second kappa shape index (κ2) is 15.7. The van der Waals surface area contributed by atoms with Crippen LogP contribution in [0.15, 0.2) is 36.4 Å². The highest BCUT2D eigenvalue weighted by Gasteiger charge is 2.18. The third kappa shape index (κ3) is 12.8. The first-order chi connectivity index (χ1) is 14.0. The molecule has 0 radical (unpaired) electrons. The van der Waals surface area contributed by atoms with Crippen LogP contribution in [0, 0.1) is 11.8 Å². The number of ether oxygens (including phenoxy) is 3. The largest absolute Gasteiger partial charge is 0.463 e. The highest BCUT2D eigenvalue weighted by atomic mass is 35.5. The van der Waals surface area contributed by atoms with E-state index in [1.165, 1.54) is 37.8 Å². The molecule has 0 heterocycles. The Kier molecular flexibility index (Phi) is 13.5. The monoisotopic (exact) mass is 440 g/mol. The average molecular weight is 441 g/mol. The summed E-state index contributed by atoms with van der Waals surface area (Å²) >= 11 is 11.6. The van der Waals surface area contributed by atoms with Crippen molar-refractivity contribution in [1.82, 2.24) is 0 Å². The molecule has 0 amide bonds. The standard InChI is InChI=1S/C22H26Cl2O5/c1-2-3-4-5-6-9-16-27-20(25)11-8-7-10-17-28-22(26)21(24)29-19-14-12-18(23)13-15-19/h8,11-15,21H,2-6,9,16-17H2,1H3. The molecule has 0 aliphatic rings. The van der Waals surface area contributed by atoms with Crippen LogP contribution in [-0.4, -0.2) is 30.7 Å². The van der Waals surface area contributed by atoms with Gasteiger partial charge in [-0.15, -0.1) is 0 Å². The SMILES string of the molecule is CCCCCCCCOC(=O)C=CC#CCOC(=O)C(Cl)Oc1ccc(Cl)cc1. The second-order valence-electron chi connectivity index (χ2n) is 6.09. The van der Waals surface area contributed by atoms with Crippen LogP contribution in [0.1, 0.15) is 45.4 Å². The van der Waals surface area contributed by atoms with Crippen molar-refractivity contribution >= 4 is 35.1 Å². The lowest BCUT2D eigenvalue weighted by Gasteiger charge is -2.10. The summed E-state index contributed by atoms with van der Waals surface area (Å²) in [4.78, 5) is 23.2. The molecule has 0 saturated carbocycles. The Morgan fingerprint density at radius 1 is 1.07 bits per heavy atom. The minimum Gasteiger partial charge on any atom is -0.463 e. The molecule has 1 unspecified atom stereocenters. The van der Waals surface area contributed by atoms with Crippen molar-refractivity contribution < 1.29 is 23.8 Å². The Labute approximate surface area is 182 Å². The lowest BCUT2D eigenvalue weighted by atomic mass is 10.1. The van der Waals surface area contributed by atoms with Gasteiger partial charge in [0, 0.05) is 11.1 Å². The van der Waals surface area contributed by atoms with Gasteiger partial charge in [0.1, 0.15) is 5.75 Å². The zero-order valence-corrected chi connectivity index (χ0v) is 18.0. The van der Waals surface area contributed by atoms with Crippen molar-refractivity contribution in [1.29, 1.82) is 0 Å². The summed E-state index contributed by atoms with van der Waals surface area (Å²) in [5, 5.41) is 0.542.